The number of aryl methyl sites for hydroxylation is 1. The zero-order valence-electron chi connectivity index (χ0n) is 9.61. The molecule has 1 rings (SSSR count). The monoisotopic (exact) mass is 211 g/mol. The average molecular weight is 211 g/mol. The molecule has 0 amide bonds. The molecule has 0 spiro atoms. The van der Waals surface area contributed by atoms with Crippen molar-refractivity contribution < 1.29 is 13.9 Å². The van der Waals surface area contributed by atoms with Gasteiger partial charge in [0.15, 0.2) is 0 Å². The van der Waals surface area contributed by atoms with E-state index in [2.05, 4.69) is 4.74 Å². The van der Waals surface area contributed by atoms with Crippen molar-refractivity contribution in [2.75, 3.05) is 14.2 Å². The highest BCUT2D eigenvalue weighted by molar-refractivity contribution is 5.75. The topological polar surface area (TPSA) is 42.7 Å². The molecule has 1 heterocycles. The van der Waals surface area contributed by atoms with E-state index in [4.69, 9.17) is 4.42 Å². The first-order chi connectivity index (χ1) is 7.04. The first-order valence-electron chi connectivity index (χ1n) is 4.88. The van der Waals surface area contributed by atoms with Gasteiger partial charge in [0.1, 0.15) is 17.6 Å². The highest BCUT2D eigenvalue weighted by Gasteiger charge is 2.19. The number of carbonyl (C=O) groups is 1. The Bertz CT molecular complexity index is 332. The number of hydrogen-bond acceptors (Lipinski definition) is 4. The smallest absolute Gasteiger partial charge is 0.322 e. The van der Waals surface area contributed by atoms with Gasteiger partial charge in [0.05, 0.1) is 13.7 Å². The predicted molar refractivity (Wildman–Crippen MR) is 56.4 cm³/mol. The molecule has 0 saturated heterocycles. The van der Waals surface area contributed by atoms with Crippen LogP contribution in [0, 0.1) is 6.92 Å². The largest absolute Gasteiger partial charge is 0.468 e. The van der Waals surface area contributed by atoms with E-state index in [0.717, 1.165) is 11.5 Å². The second kappa shape index (κ2) is 4.98. The molecule has 0 aliphatic carbocycles. The van der Waals surface area contributed by atoms with Crippen molar-refractivity contribution in [3.8, 4) is 0 Å². The van der Waals surface area contributed by atoms with Crippen LogP contribution >= 0.6 is 0 Å². The minimum Gasteiger partial charge on any atom is -0.468 e. The lowest BCUT2D eigenvalue weighted by atomic mass is 10.3. The summed E-state index contributed by atoms with van der Waals surface area (Å²) in [7, 11) is 3.25. The molecule has 1 unspecified atom stereocenters. The van der Waals surface area contributed by atoms with Gasteiger partial charge >= 0.3 is 5.97 Å². The molecule has 84 valence electrons. The van der Waals surface area contributed by atoms with E-state index in [-0.39, 0.29) is 12.0 Å². The Kier molecular flexibility index (Phi) is 3.91. The van der Waals surface area contributed by atoms with Crippen LogP contribution in [0.25, 0.3) is 0 Å². The Labute approximate surface area is 89.8 Å². The summed E-state index contributed by atoms with van der Waals surface area (Å²) in [5, 5.41) is 0. The van der Waals surface area contributed by atoms with Gasteiger partial charge in [-0.15, -0.1) is 0 Å². The molecule has 0 aliphatic rings. The normalized spacial score (nSPS) is 12.9. The van der Waals surface area contributed by atoms with Gasteiger partial charge in [0, 0.05) is 0 Å². The maximum Gasteiger partial charge on any atom is 0.322 e. The summed E-state index contributed by atoms with van der Waals surface area (Å²) in [4.78, 5) is 13.1. The van der Waals surface area contributed by atoms with Crippen molar-refractivity contribution >= 4 is 5.97 Å². The van der Waals surface area contributed by atoms with Crippen molar-refractivity contribution in [1.82, 2.24) is 4.90 Å². The van der Waals surface area contributed by atoms with Crippen molar-refractivity contribution in [3.05, 3.63) is 23.7 Å². The highest BCUT2D eigenvalue weighted by Crippen LogP contribution is 2.10. The number of likely N-dealkylation sites (N-methyl/N-ethyl adjacent to an activating group) is 1. The Morgan fingerprint density at radius 3 is 2.73 bits per heavy atom. The summed E-state index contributed by atoms with van der Waals surface area (Å²) in [5.74, 6) is 1.50. The number of ether oxygens (including phenoxy) is 1. The molecule has 15 heavy (non-hydrogen) atoms. The van der Waals surface area contributed by atoms with Gasteiger partial charge in [-0.25, -0.2) is 0 Å². The number of carbonyl (C=O) groups excluding carboxylic acids is 1. The third kappa shape index (κ3) is 3.09. The van der Waals surface area contributed by atoms with Crippen LogP contribution in [-0.2, 0) is 16.1 Å². The SMILES string of the molecule is COC(=O)C(C)N(C)Cc1ccc(C)o1. The van der Waals surface area contributed by atoms with Crippen LogP contribution < -0.4 is 0 Å². The van der Waals surface area contributed by atoms with E-state index >= 15 is 0 Å². The summed E-state index contributed by atoms with van der Waals surface area (Å²) in [5.41, 5.74) is 0. The fourth-order valence-corrected chi connectivity index (χ4v) is 1.30. The zero-order chi connectivity index (χ0) is 11.4. The van der Waals surface area contributed by atoms with Gasteiger partial charge in [-0.3, -0.25) is 9.69 Å². The van der Waals surface area contributed by atoms with E-state index in [1.54, 1.807) is 0 Å². The van der Waals surface area contributed by atoms with Gasteiger partial charge in [-0.1, -0.05) is 0 Å². The van der Waals surface area contributed by atoms with E-state index in [1.165, 1.54) is 7.11 Å². The van der Waals surface area contributed by atoms with Crippen molar-refractivity contribution in [2.45, 2.75) is 26.4 Å². The van der Waals surface area contributed by atoms with Crippen LogP contribution in [0.2, 0.25) is 0 Å². The number of furan rings is 1. The fraction of sp³-hybridized carbons (Fsp3) is 0.545. The molecular formula is C11H17NO3. The summed E-state index contributed by atoms with van der Waals surface area (Å²) in [6.07, 6.45) is 0. The summed E-state index contributed by atoms with van der Waals surface area (Å²) in [6, 6.07) is 3.56. The van der Waals surface area contributed by atoms with E-state index in [1.807, 2.05) is 37.9 Å². The van der Waals surface area contributed by atoms with Gasteiger partial charge in [0.2, 0.25) is 0 Å². The second-order valence-corrected chi connectivity index (χ2v) is 3.63. The number of hydrogen-bond donors (Lipinski definition) is 0. The second-order valence-electron chi connectivity index (χ2n) is 3.63. The molecule has 0 aromatic carbocycles. The highest BCUT2D eigenvalue weighted by atomic mass is 16.5. The lowest BCUT2D eigenvalue weighted by molar-refractivity contribution is -0.146. The number of esters is 1. The Morgan fingerprint density at radius 2 is 2.27 bits per heavy atom. The third-order valence-electron chi connectivity index (χ3n) is 2.40. The Morgan fingerprint density at radius 1 is 1.60 bits per heavy atom. The minimum atomic E-state index is -0.264. The lowest BCUT2D eigenvalue weighted by Gasteiger charge is -2.21. The maximum absolute atomic E-state index is 11.3. The van der Waals surface area contributed by atoms with Crippen LogP contribution in [0.1, 0.15) is 18.4 Å². The summed E-state index contributed by atoms with van der Waals surface area (Å²) in [6.45, 7) is 4.30. The first kappa shape index (κ1) is 11.8. The Hall–Kier alpha value is -1.29. The van der Waals surface area contributed by atoms with E-state index in [9.17, 15) is 4.79 Å². The van der Waals surface area contributed by atoms with Crippen LogP contribution in [0.5, 0.6) is 0 Å². The quantitative estimate of drug-likeness (QED) is 0.709. The molecular weight excluding hydrogens is 194 g/mol. The van der Waals surface area contributed by atoms with Crippen molar-refractivity contribution in [3.63, 3.8) is 0 Å². The van der Waals surface area contributed by atoms with Crippen LogP contribution in [0.4, 0.5) is 0 Å². The van der Waals surface area contributed by atoms with E-state index < -0.39 is 0 Å². The first-order valence-corrected chi connectivity index (χ1v) is 4.88. The maximum atomic E-state index is 11.3. The van der Waals surface area contributed by atoms with Gasteiger partial charge < -0.3 is 9.15 Å². The van der Waals surface area contributed by atoms with Gasteiger partial charge in [-0.2, -0.15) is 0 Å². The molecule has 0 bridgehead atoms. The molecule has 4 nitrogen and oxygen atoms in total. The van der Waals surface area contributed by atoms with E-state index in [0.29, 0.717) is 6.54 Å². The number of rotatable bonds is 4. The van der Waals surface area contributed by atoms with Crippen LogP contribution in [0.3, 0.4) is 0 Å². The summed E-state index contributed by atoms with van der Waals surface area (Å²) >= 11 is 0. The average Bonchev–Trinajstić information content (AvgIpc) is 2.61. The standard InChI is InChI=1S/C11H17NO3/c1-8-5-6-10(15-8)7-12(3)9(2)11(13)14-4/h5-6,9H,7H2,1-4H3. The molecule has 0 aliphatic heterocycles. The molecule has 1 aromatic heterocycles. The van der Waals surface area contributed by atoms with Crippen molar-refractivity contribution in [2.24, 2.45) is 0 Å². The summed E-state index contributed by atoms with van der Waals surface area (Å²) < 4.78 is 10.1. The third-order valence-corrected chi connectivity index (χ3v) is 2.40. The van der Waals surface area contributed by atoms with Gasteiger partial charge in [0.25, 0.3) is 0 Å². The lowest BCUT2D eigenvalue weighted by Crippen LogP contribution is -2.36. The molecule has 0 saturated carbocycles. The minimum absolute atomic E-state index is 0.235. The molecule has 0 radical (unpaired) electrons. The molecule has 1 atom stereocenters. The predicted octanol–water partition coefficient (Wildman–Crippen LogP) is 1.58. The van der Waals surface area contributed by atoms with Gasteiger partial charge in [-0.05, 0) is 33.0 Å². The van der Waals surface area contributed by atoms with Crippen molar-refractivity contribution in [1.29, 1.82) is 0 Å². The van der Waals surface area contributed by atoms with Crippen LogP contribution in [0.15, 0.2) is 16.5 Å². The number of nitrogens with zero attached hydrogens (tertiary/aromatic N) is 1. The molecule has 0 N–H and O–H groups in total. The fourth-order valence-electron chi connectivity index (χ4n) is 1.30. The molecule has 0 fully saturated rings. The molecule has 4 heteroatoms. The molecule has 1 aromatic rings. The zero-order valence-corrected chi connectivity index (χ0v) is 9.61. The Balaban J connectivity index is 2.55. The van der Waals surface area contributed by atoms with Crippen LogP contribution in [-0.4, -0.2) is 31.1 Å². The number of methoxy groups -OCH3 is 1.